The Hall–Kier alpha value is -3.42. The van der Waals surface area contributed by atoms with E-state index in [0.29, 0.717) is 17.2 Å². The van der Waals surface area contributed by atoms with Crippen molar-refractivity contribution in [3.05, 3.63) is 63.7 Å². The number of non-ortho nitro benzene ring substituents is 1. The van der Waals surface area contributed by atoms with Crippen molar-refractivity contribution in [2.24, 2.45) is 5.10 Å². The van der Waals surface area contributed by atoms with Gasteiger partial charge in [0.05, 0.1) is 24.9 Å². The highest BCUT2D eigenvalue weighted by Crippen LogP contribution is 2.27. The fourth-order valence-corrected chi connectivity index (χ4v) is 2.06. The van der Waals surface area contributed by atoms with E-state index in [0.717, 1.165) is 5.56 Å². The van der Waals surface area contributed by atoms with Crippen LogP contribution < -0.4 is 14.9 Å². The van der Waals surface area contributed by atoms with Crippen molar-refractivity contribution in [2.45, 2.75) is 6.92 Å². The molecule has 0 bridgehead atoms. The molecule has 8 nitrogen and oxygen atoms in total. The number of ether oxygens (including phenoxy) is 2. The number of nitrogens with one attached hydrogen (secondary N) is 1. The average Bonchev–Trinajstić information content (AvgIpc) is 2.65. The van der Waals surface area contributed by atoms with Gasteiger partial charge >= 0.3 is 0 Å². The molecule has 1 N–H and O–H groups in total. The van der Waals surface area contributed by atoms with E-state index in [9.17, 15) is 14.9 Å². The summed E-state index contributed by atoms with van der Waals surface area (Å²) in [5.74, 6) is 0.680. The minimum absolute atomic E-state index is 0.0819. The summed E-state index contributed by atoms with van der Waals surface area (Å²) in [5.41, 5.74) is 3.93. The van der Waals surface area contributed by atoms with Crippen LogP contribution in [0.5, 0.6) is 11.5 Å². The van der Waals surface area contributed by atoms with Gasteiger partial charge in [-0.05, 0) is 37.3 Å². The maximum Gasteiger partial charge on any atom is 0.271 e. The van der Waals surface area contributed by atoms with Gasteiger partial charge in [0.15, 0.2) is 11.5 Å². The van der Waals surface area contributed by atoms with E-state index < -0.39 is 10.8 Å². The first kappa shape index (κ1) is 17.9. The van der Waals surface area contributed by atoms with Crippen molar-refractivity contribution >= 4 is 17.3 Å². The lowest BCUT2D eigenvalue weighted by Gasteiger charge is -2.09. The molecule has 2 aromatic carbocycles. The van der Waals surface area contributed by atoms with Crippen molar-refractivity contribution < 1.29 is 19.2 Å². The Labute approximate surface area is 144 Å². The molecule has 0 fully saturated rings. The summed E-state index contributed by atoms with van der Waals surface area (Å²) in [6.07, 6.45) is 0. The molecule has 1 amide bonds. The molecule has 0 spiro atoms. The lowest BCUT2D eigenvalue weighted by atomic mass is 10.1. The fraction of sp³-hybridized carbons (Fsp3) is 0.176. The number of nitrogens with zero attached hydrogens (tertiary/aromatic N) is 2. The van der Waals surface area contributed by atoms with Gasteiger partial charge in [0.25, 0.3) is 11.6 Å². The van der Waals surface area contributed by atoms with Crippen molar-refractivity contribution in [3.63, 3.8) is 0 Å². The highest BCUT2D eigenvalue weighted by molar-refractivity contribution is 6.01. The first-order valence-corrected chi connectivity index (χ1v) is 7.27. The van der Waals surface area contributed by atoms with Crippen molar-refractivity contribution in [1.82, 2.24) is 5.43 Å². The van der Waals surface area contributed by atoms with Crippen LogP contribution in [0.15, 0.2) is 47.6 Å². The molecule has 0 heterocycles. The molecule has 0 aliphatic carbocycles. The van der Waals surface area contributed by atoms with Crippen LogP contribution >= 0.6 is 0 Å². The maximum atomic E-state index is 12.1. The van der Waals surface area contributed by atoms with E-state index in [1.54, 1.807) is 32.2 Å². The van der Waals surface area contributed by atoms with Crippen LogP contribution in [0.3, 0.4) is 0 Å². The predicted octanol–water partition coefficient (Wildman–Crippen LogP) is 2.77. The van der Waals surface area contributed by atoms with Gasteiger partial charge in [0.1, 0.15) is 0 Å². The first-order chi connectivity index (χ1) is 12.0. The zero-order valence-corrected chi connectivity index (χ0v) is 14.0. The molecule has 0 atom stereocenters. The Bertz CT molecular complexity index is 816. The van der Waals surface area contributed by atoms with Gasteiger partial charge in [-0.2, -0.15) is 5.10 Å². The molecule has 0 aromatic heterocycles. The van der Waals surface area contributed by atoms with E-state index in [-0.39, 0.29) is 11.3 Å². The molecule has 2 aromatic rings. The molecule has 0 unspecified atom stereocenters. The summed E-state index contributed by atoms with van der Waals surface area (Å²) in [7, 11) is 3.08. The maximum absolute atomic E-state index is 12.1. The number of benzene rings is 2. The predicted molar refractivity (Wildman–Crippen MR) is 92.3 cm³/mol. The summed E-state index contributed by atoms with van der Waals surface area (Å²) in [5, 5.41) is 14.7. The Kier molecular flexibility index (Phi) is 5.67. The number of nitro groups is 1. The monoisotopic (exact) mass is 343 g/mol. The van der Waals surface area contributed by atoms with Crippen molar-refractivity contribution in [2.75, 3.05) is 14.2 Å². The molecule has 0 aliphatic heterocycles. The number of rotatable bonds is 6. The summed E-state index contributed by atoms with van der Waals surface area (Å²) >= 11 is 0. The lowest BCUT2D eigenvalue weighted by molar-refractivity contribution is -0.384. The Balaban J connectivity index is 2.12. The third kappa shape index (κ3) is 4.31. The number of hydrogen-bond donors (Lipinski definition) is 1. The van der Waals surface area contributed by atoms with E-state index in [4.69, 9.17) is 9.47 Å². The molecule has 130 valence electrons. The second-order valence-corrected chi connectivity index (χ2v) is 5.01. The largest absolute Gasteiger partial charge is 0.493 e. The van der Waals surface area contributed by atoms with Crippen LogP contribution in [-0.4, -0.2) is 30.8 Å². The second-order valence-electron chi connectivity index (χ2n) is 5.01. The normalized spacial score (nSPS) is 10.9. The number of hydrazone groups is 1. The Morgan fingerprint density at radius 2 is 1.64 bits per heavy atom. The molecule has 2 rings (SSSR count). The minimum Gasteiger partial charge on any atom is -0.493 e. The van der Waals surface area contributed by atoms with Gasteiger partial charge in [-0.3, -0.25) is 14.9 Å². The lowest BCUT2D eigenvalue weighted by Crippen LogP contribution is -2.19. The van der Waals surface area contributed by atoms with E-state index in [1.165, 1.54) is 31.4 Å². The zero-order chi connectivity index (χ0) is 18.4. The average molecular weight is 343 g/mol. The highest BCUT2D eigenvalue weighted by atomic mass is 16.6. The molecular weight excluding hydrogens is 326 g/mol. The fourth-order valence-electron chi connectivity index (χ4n) is 2.06. The quantitative estimate of drug-likeness (QED) is 0.493. The van der Waals surface area contributed by atoms with E-state index in [1.807, 2.05) is 0 Å². The summed E-state index contributed by atoms with van der Waals surface area (Å²) in [6, 6.07) is 10.5. The molecule has 0 radical (unpaired) electrons. The van der Waals surface area contributed by atoms with Gasteiger partial charge in [0.2, 0.25) is 0 Å². The van der Waals surface area contributed by atoms with Gasteiger partial charge in [-0.15, -0.1) is 0 Å². The minimum atomic E-state index is -0.527. The number of amides is 1. The van der Waals surface area contributed by atoms with Gasteiger partial charge in [-0.1, -0.05) is 0 Å². The van der Waals surface area contributed by atoms with Crippen molar-refractivity contribution in [3.8, 4) is 11.5 Å². The van der Waals surface area contributed by atoms with E-state index in [2.05, 4.69) is 10.5 Å². The molecule has 0 saturated carbocycles. The van der Waals surface area contributed by atoms with Crippen LogP contribution in [0.2, 0.25) is 0 Å². The molecular formula is C17H17N3O5. The third-order valence-electron chi connectivity index (χ3n) is 3.47. The third-order valence-corrected chi connectivity index (χ3v) is 3.47. The van der Waals surface area contributed by atoms with Gasteiger partial charge in [-0.25, -0.2) is 5.43 Å². The smallest absolute Gasteiger partial charge is 0.271 e. The molecule has 8 heteroatoms. The summed E-state index contributed by atoms with van der Waals surface area (Å²) < 4.78 is 10.4. The van der Waals surface area contributed by atoms with Crippen LogP contribution in [0.4, 0.5) is 5.69 Å². The summed E-state index contributed by atoms with van der Waals surface area (Å²) in [4.78, 5) is 22.1. The Morgan fingerprint density at radius 1 is 1.04 bits per heavy atom. The molecule has 0 aliphatic rings. The molecule has 0 saturated heterocycles. The van der Waals surface area contributed by atoms with E-state index >= 15 is 0 Å². The SMILES string of the molecule is COc1ccc(/C(C)=N/NC(=O)c2ccc([N+](=O)[O-])cc2)cc1OC. The number of hydrogen-bond acceptors (Lipinski definition) is 6. The van der Waals surface area contributed by atoms with Gasteiger partial charge < -0.3 is 9.47 Å². The number of carbonyl (C=O) groups is 1. The van der Waals surface area contributed by atoms with Crippen LogP contribution in [0.25, 0.3) is 0 Å². The standard InChI is InChI=1S/C17H17N3O5/c1-11(13-6-9-15(24-2)16(10-13)25-3)18-19-17(21)12-4-7-14(8-5-12)20(22)23/h4-10H,1-3H3,(H,19,21)/b18-11+. The Morgan fingerprint density at radius 3 is 2.20 bits per heavy atom. The van der Waals surface area contributed by atoms with Gasteiger partial charge in [0, 0.05) is 23.3 Å². The second kappa shape index (κ2) is 7.91. The first-order valence-electron chi connectivity index (χ1n) is 7.27. The number of carbonyl (C=O) groups excluding carboxylic acids is 1. The zero-order valence-electron chi connectivity index (χ0n) is 14.0. The van der Waals surface area contributed by atoms with Crippen LogP contribution in [0, 0.1) is 10.1 Å². The summed E-state index contributed by atoms with van der Waals surface area (Å²) in [6.45, 7) is 1.73. The highest BCUT2D eigenvalue weighted by Gasteiger charge is 2.10. The number of methoxy groups -OCH3 is 2. The molecule has 25 heavy (non-hydrogen) atoms. The number of nitro benzene ring substituents is 1. The van der Waals surface area contributed by atoms with Crippen molar-refractivity contribution in [1.29, 1.82) is 0 Å². The van der Waals surface area contributed by atoms with Crippen LogP contribution in [0.1, 0.15) is 22.8 Å². The topological polar surface area (TPSA) is 103 Å². The van der Waals surface area contributed by atoms with Crippen LogP contribution in [-0.2, 0) is 0 Å².